The number of rotatable bonds is 7. The summed E-state index contributed by atoms with van der Waals surface area (Å²) in [4.78, 5) is 15.7. The topological polar surface area (TPSA) is 64.0 Å². The molecular weight excluding hydrogens is 220 g/mol. The van der Waals surface area contributed by atoms with Gasteiger partial charge in [-0.15, -0.1) is 0 Å². The SMILES string of the molecule is O=C(CCN1CCCCC1)N(CCO)CCO. The van der Waals surface area contributed by atoms with Gasteiger partial charge in [0.05, 0.1) is 13.2 Å². The van der Waals surface area contributed by atoms with Crippen molar-refractivity contribution in [2.75, 3.05) is 45.9 Å². The van der Waals surface area contributed by atoms with Crippen LogP contribution in [-0.4, -0.2) is 71.9 Å². The molecule has 0 aromatic carbocycles. The minimum absolute atomic E-state index is 0.0265. The predicted octanol–water partition coefficient (Wildman–Crippen LogP) is -0.324. The summed E-state index contributed by atoms with van der Waals surface area (Å²) in [5.41, 5.74) is 0. The van der Waals surface area contributed by atoms with Crippen molar-refractivity contribution >= 4 is 5.91 Å². The molecule has 0 aromatic rings. The number of nitrogens with zero attached hydrogens (tertiary/aromatic N) is 2. The Morgan fingerprint density at radius 1 is 1.06 bits per heavy atom. The first-order valence-electron chi connectivity index (χ1n) is 6.49. The van der Waals surface area contributed by atoms with E-state index < -0.39 is 0 Å². The summed E-state index contributed by atoms with van der Waals surface area (Å²) >= 11 is 0. The molecule has 1 aliphatic rings. The quantitative estimate of drug-likeness (QED) is 0.644. The minimum atomic E-state index is -0.0462. The van der Waals surface area contributed by atoms with Crippen molar-refractivity contribution in [3.8, 4) is 0 Å². The third kappa shape index (κ3) is 5.48. The number of likely N-dealkylation sites (tertiary alicyclic amines) is 1. The Labute approximate surface area is 103 Å². The molecule has 100 valence electrons. The standard InChI is InChI=1S/C12H24N2O3/c15-10-8-14(9-11-16)12(17)4-7-13-5-2-1-3-6-13/h15-16H,1-11H2. The Balaban J connectivity index is 2.25. The zero-order valence-electron chi connectivity index (χ0n) is 10.5. The number of hydrogen-bond acceptors (Lipinski definition) is 4. The Morgan fingerprint density at radius 2 is 1.65 bits per heavy atom. The molecular formula is C12H24N2O3. The zero-order valence-corrected chi connectivity index (χ0v) is 10.5. The highest BCUT2D eigenvalue weighted by molar-refractivity contribution is 5.76. The maximum atomic E-state index is 11.8. The number of carbonyl (C=O) groups excluding carboxylic acids is 1. The molecule has 0 atom stereocenters. The molecule has 0 unspecified atom stereocenters. The number of aliphatic hydroxyl groups excluding tert-OH is 2. The highest BCUT2D eigenvalue weighted by atomic mass is 16.3. The second kappa shape index (κ2) is 8.44. The average Bonchev–Trinajstić information content (AvgIpc) is 2.37. The number of piperidine rings is 1. The molecule has 17 heavy (non-hydrogen) atoms. The van der Waals surface area contributed by atoms with Crippen molar-refractivity contribution in [3.05, 3.63) is 0 Å². The van der Waals surface area contributed by atoms with Gasteiger partial charge in [0.1, 0.15) is 0 Å². The van der Waals surface area contributed by atoms with Crippen LogP contribution >= 0.6 is 0 Å². The van der Waals surface area contributed by atoms with Crippen molar-refractivity contribution < 1.29 is 15.0 Å². The Morgan fingerprint density at radius 3 is 2.18 bits per heavy atom. The van der Waals surface area contributed by atoms with Crippen molar-refractivity contribution in [2.45, 2.75) is 25.7 Å². The van der Waals surface area contributed by atoms with Crippen LogP contribution in [0.4, 0.5) is 0 Å². The molecule has 1 rings (SSSR count). The molecule has 1 aliphatic heterocycles. The van der Waals surface area contributed by atoms with Crippen molar-refractivity contribution in [2.24, 2.45) is 0 Å². The normalized spacial score (nSPS) is 17.1. The van der Waals surface area contributed by atoms with Crippen LogP contribution in [0.3, 0.4) is 0 Å². The van der Waals surface area contributed by atoms with Crippen molar-refractivity contribution in [1.29, 1.82) is 0 Å². The molecule has 1 heterocycles. The van der Waals surface area contributed by atoms with Crippen LogP contribution in [0.15, 0.2) is 0 Å². The van der Waals surface area contributed by atoms with E-state index >= 15 is 0 Å². The van der Waals surface area contributed by atoms with Crippen LogP contribution in [0.1, 0.15) is 25.7 Å². The van der Waals surface area contributed by atoms with Crippen LogP contribution in [0, 0.1) is 0 Å². The Bertz CT molecular complexity index is 212. The first-order chi connectivity index (χ1) is 8.27. The number of hydrogen-bond donors (Lipinski definition) is 2. The maximum absolute atomic E-state index is 11.8. The molecule has 0 spiro atoms. The van der Waals surface area contributed by atoms with Gasteiger partial charge < -0.3 is 20.0 Å². The van der Waals surface area contributed by atoms with E-state index in [1.54, 1.807) is 0 Å². The van der Waals surface area contributed by atoms with E-state index in [-0.39, 0.29) is 19.1 Å². The Kier molecular flexibility index (Phi) is 7.16. The molecule has 0 radical (unpaired) electrons. The summed E-state index contributed by atoms with van der Waals surface area (Å²) in [7, 11) is 0. The fourth-order valence-electron chi connectivity index (χ4n) is 2.20. The number of aliphatic hydroxyl groups is 2. The second-order valence-electron chi connectivity index (χ2n) is 4.48. The van der Waals surface area contributed by atoms with E-state index in [1.165, 1.54) is 24.2 Å². The van der Waals surface area contributed by atoms with Crippen LogP contribution in [0.2, 0.25) is 0 Å². The fourth-order valence-corrected chi connectivity index (χ4v) is 2.20. The molecule has 5 heteroatoms. The van der Waals surface area contributed by atoms with Gasteiger partial charge in [-0.25, -0.2) is 0 Å². The van der Waals surface area contributed by atoms with Gasteiger partial charge in [-0.1, -0.05) is 6.42 Å². The lowest BCUT2D eigenvalue weighted by atomic mass is 10.1. The summed E-state index contributed by atoms with van der Waals surface area (Å²) < 4.78 is 0. The van der Waals surface area contributed by atoms with Crippen LogP contribution < -0.4 is 0 Å². The van der Waals surface area contributed by atoms with Gasteiger partial charge in [-0.05, 0) is 25.9 Å². The van der Waals surface area contributed by atoms with E-state index in [0.717, 1.165) is 19.6 Å². The summed E-state index contributed by atoms with van der Waals surface area (Å²) in [5, 5.41) is 17.7. The summed E-state index contributed by atoms with van der Waals surface area (Å²) in [5.74, 6) is 0.0265. The third-order valence-corrected chi connectivity index (χ3v) is 3.18. The van der Waals surface area contributed by atoms with Gasteiger partial charge in [0, 0.05) is 26.1 Å². The van der Waals surface area contributed by atoms with Gasteiger partial charge in [0.15, 0.2) is 0 Å². The number of amides is 1. The minimum Gasteiger partial charge on any atom is -0.395 e. The van der Waals surface area contributed by atoms with Gasteiger partial charge in [-0.2, -0.15) is 0 Å². The lowest BCUT2D eigenvalue weighted by molar-refractivity contribution is -0.132. The highest BCUT2D eigenvalue weighted by Crippen LogP contribution is 2.09. The summed E-state index contributed by atoms with van der Waals surface area (Å²) in [6.45, 7) is 3.52. The van der Waals surface area contributed by atoms with Crippen LogP contribution in [0.5, 0.6) is 0 Å². The van der Waals surface area contributed by atoms with Crippen molar-refractivity contribution in [3.63, 3.8) is 0 Å². The highest BCUT2D eigenvalue weighted by Gasteiger charge is 2.15. The van der Waals surface area contributed by atoms with Gasteiger partial charge >= 0.3 is 0 Å². The van der Waals surface area contributed by atoms with E-state index in [2.05, 4.69) is 4.90 Å². The van der Waals surface area contributed by atoms with E-state index in [9.17, 15) is 4.79 Å². The molecule has 1 fully saturated rings. The van der Waals surface area contributed by atoms with E-state index in [1.807, 2.05) is 0 Å². The first kappa shape index (κ1) is 14.4. The van der Waals surface area contributed by atoms with E-state index in [0.29, 0.717) is 19.5 Å². The molecule has 1 saturated heterocycles. The van der Waals surface area contributed by atoms with Crippen molar-refractivity contribution in [1.82, 2.24) is 9.80 Å². The third-order valence-electron chi connectivity index (χ3n) is 3.18. The number of carbonyl (C=O) groups is 1. The molecule has 0 aromatic heterocycles. The average molecular weight is 244 g/mol. The summed E-state index contributed by atoms with van der Waals surface area (Å²) in [6.07, 6.45) is 4.24. The largest absolute Gasteiger partial charge is 0.395 e. The van der Waals surface area contributed by atoms with Crippen LogP contribution in [0.25, 0.3) is 0 Å². The molecule has 0 bridgehead atoms. The molecule has 5 nitrogen and oxygen atoms in total. The van der Waals surface area contributed by atoms with Gasteiger partial charge in [-0.3, -0.25) is 4.79 Å². The fraction of sp³-hybridized carbons (Fsp3) is 0.917. The molecule has 1 amide bonds. The molecule has 2 N–H and O–H groups in total. The zero-order chi connectivity index (χ0) is 12.5. The monoisotopic (exact) mass is 244 g/mol. The first-order valence-corrected chi connectivity index (χ1v) is 6.49. The Hall–Kier alpha value is -0.650. The lowest BCUT2D eigenvalue weighted by Gasteiger charge is -2.27. The van der Waals surface area contributed by atoms with Crippen LogP contribution in [-0.2, 0) is 4.79 Å². The summed E-state index contributed by atoms with van der Waals surface area (Å²) in [6, 6.07) is 0. The molecule has 0 saturated carbocycles. The van der Waals surface area contributed by atoms with Gasteiger partial charge in [0.25, 0.3) is 0 Å². The lowest BCUT2D eigenvalue weighted by Crippen LogP contribution is -2.39. The van der Waals surface area contributed by atoms with E-state index in [4.69, 9.17) is 10.2 Å². The predicted molar refractivity (Wildman–Crippen MR) is 65.7 cm³/mol. The van der Waals surface area contributed by atoms with Gasteiger partial charge in [0.2, 0.25) is 5.91 Å². The second-order valence-corrected chi connectivity index (χ2v) is 4.48. The smallest absolute Gasteiger partial charge is 0.224 e. The maximum Gasteiger partial charge on any atom is 0.224 e. The molecule has 0 aliphatic carbocycles.